The van der Waals surface area contributed by atoms with Crippen molar-refractivity contribution in [3.8, 4) is 10.4 Å². The van der Waals surface area contributed by atoms with E-state index >= 15 is 0 Å². The van der Waals surface area contributed by atoms with Gasteiger partial charge in [-0.15, -0.1) is 11.3 Å². The van der Waals surface area contributed by atoms with Crippen molar-refractivity contribution in [3.05, 3.63) is 41.5 Å². The van der Waals surface area contributed by atoms with Crippen LogP contribution in [0, 0.1) is 0 Å². The molecule has 1 unspecified atom stereocenters. The number of rotatable bonds is 2. The van der Waals surface area contributed by atoms with E-state index < -0.39 is 0 Å². The molecule has 0 spiro atoms. The van der Waals surface area contributed by atoms with Crippen molar-refractivity contribution in [2.24, 2.45) is 0 Å². The molecule has 0 aliphatic carbocycles. The number of hydrogen-bond donors (Lipinski definition) is 1. The van der Waals surface area contributed by atoms with Gasteiger partial charge in [-0.3, -0.25) is 0 Å². The average Bonchev–Trinajstić information content (AvgIpc) is 3.01. The van der Waals surface area contributed by atoms with Gasteiger partial charge in [0.05, 0.1) is 10.9 Å². The molecule has 0 saturated carbocycles. The van der Waals surface area contributed by atoms with E-state index in [-0.39, 0.29) is 0 Å². The number of nitrogens with one attached hydrogen (secondary N) is 1. The monoisotopic (exact) mass is 230 g/mol. The zero-order valence-electron chi connectivity index (χ0n) is 9.02. The second kappa shape index (κ2) is 4.36. The predicted octanol–water partition coefficient (Wildman–Crippen LogP) is 3.23. The summed E-state index contributed by atoms with van der Waals surface area (Å²) in [7, 11) is 0. The van der Waals surface area contributed by atoms with E-state index in [9.17, 15) is 0 Å². The third-order valence-electron chi connectivity index (χ3n) is 2.94. The molecule has 1 saturated heterocycles. The minimum atomic E-state index is 0.488. The van der Waals surface area contributed by atoms with Crippen LogP contribution in [0.4, 0.5) is 0 Å². The van der Waals surface area contributed by atoms with E-state index in [0.717, 1.165) is 6.54 Å². The van der Waals surface area contributed by atoms with Crippen molar-refractivity contribution in [1.29, 1.82) is 0 Å². The smallest absolute Gasteiger partial charge is 0.110 e. The second-order valence-electron chi connectivity index (χ2n) is 4.08. The first kappa shape index (κ1) is 10.00. The van der Waals surface area contributed by atoms with Crippen molar-refractivity contribution >= 4 is 11.3 Å². The lowest BCUT2D eigenvalue weighted by Crippen LogP contribution is -2.12. The van der Waals surface area contributed by atoms with Crippen LogP contribution in [0.15, 0.2) is 36.5 Å². The minimum absolute atomic E-state index is 0.488. The van der Waals surface area contributed by atoms with E-state index in [1.165, 1.54) is 28.3 Å². The maximum Gasteiger partial charge on any atom is 0.110 e. The average molecular weight is 230 g/mol. The van der Waals surface area contributed by atoms with Gasteiger partial charge >= 0.3 is 0 Å². The summed E-state index contributed by atoms with van der Waals surface area (Å²) in [6.07, 6.45) is 4.49. The van der Waals surface area contributed by atoms with Crippen LogP contribution >= 0.6 is 11.3 Å². The Kier molecular flexibility index (Phi) is 2.72. The maximum absolute atomic E-state index is 4.53. The van der Waals surface area contributed by atoms with E-state index in [0.29, 0.717) is 6.04 Å². The standard InChI is InChI=1S/C13H14N2S/c1-2-5-10(6-3-1)12-9-15-13(16-12)11-7-4-8-14-11/h1-3,5-6,9,11,14H,4,7-8H2. The van der Waals surface area contributed by atoms with E-state index in [1.54, 1.807) is 0 Å². The SMILES string of the molecule is c1ccc(-c2cnc(C3CCCN3)s2)cc1. The van der Waals surface area contributed by atoms with Crippen molar-refractivity contribution in [1.82, 2.24) is 10.3 Å². The summed E-state index contributed by atoms with van der Waals surface area (Å²) in [6, 6.07) is 11.0. The van der Waals surface area contributed by atoms with Gasteiger partial charge in [0.2, 0.25) is 0 Å². The van der Waals surface area contributed by atoms with E-state index in [2.05, 4.69) is 34.6 Å². The van der Waals surface area contributed by atoms with Gasteiger partial charge in [-0.25, -0.2) is 4.98 Å². The molecule has 82 valence electrons. The van der Waals surface area contributed by atoms with Crippen molar-refractivity contribution in [2.75, 3.05) is 6.54 Å². The summed E-state index contributed by atoms with van der Waals surface area (Å²) < 4.78 is 0. The molecule has 1 fully saturated rings. The molecule has 2 aromatic rings. The van der Waals surface area contributed by atoms with E-state index in [1.807, 2.05) is 23.6 Å². The number of benzene rings is 1. The maximum atomic E-state index is 4.53. The second-order valence-corrected chi connectivity index (χ2v) is 5.14. The molecular weight excluding hydrogens is 216 g/mol. The van der Waals surface area contributed by atoms with Crippen LogP contribution in [0.1, 0.15) is 23.9 Å². The first-order chi connectivity index (χ1) is 7.93. The van der Waals surface area contributed by atoms with Gasteiger partial charge in [0, 0.05) is 6.20 Å². The zero-order valence-corrected chi connectivity index (χ0v) is 9.83. The molecule has 0 radical (unpaired) electrons. The Labute approximate surface area is 99.4 Å². The third-order valence-corrected chi connectivity index (χ3v) is 4.10. The van der Waals surface area contributed by atoms with Gasteiger partial charge in [-0.05, 0) is 24.9 Å². The van der Waals surface area contributed by atoms with Crippen LogP contribution in [-0.2, 0) is 0 Å². The Morgan fingerprint density at radius 2 is 2.12 bits per heavy atom. The molecule has 1 atom stereocenters. The highest BCUT2D eigenvalue weighted by atomic mass is 32.1. The minimum Gasteiger partial charge on any atom is -0.308 e. The van der Waals surface area contributed by atoms with Crippen LogP contribution in [0.3, 0.4) is 0 Å². The summed E-state index contributed by atoms with van der Waals surface area (Å²) in [5.74, 6) is 0. The van der Waals surface area contributed by atoms with Gasteiger partial charge in [-0.2, -0.15) is 0 Å². The largest absolute Gasteiger partial charge is 0.308 e. The van der Waals surface area contributed by atoms with Gasteiger partial charge < -0.3 is 5.32 Å². The first-order valence-electron chi connectivity index (χ1n) is 5.68. The quantitative estimate of drug-likeness (QED) is 0.856. The summed E-state index contributed by atoms with van der Waals surface area (Å²) >= 11 is 1.81. The molecule has 3 rings (SSSR count). The highest BCUT2D eigenvalue weighted by Gasteiger charge is 2.19. The first-order valence-corrected chi connectivity index (χ1v) is 6.50. The van der Waals surface area contributed by atoms with Crippen LogP contribution in [0.5, 0.6) is 0 Å². The van der Waals surface area contributed by atoms with Crippen molar-refractivity contribution < 1.29 is 0 Å². The summed E-state index contributed by atoms with van der Waals surface area (Å²) in [5.41, 5.74) is 1.27. The number of aromatic nitrogens is 1. The normalized spacial score (nSPS) is 20.1. The zero-order chi connectivity index (χ0) is 10.8. The lowest BCUT2D eigenvalue weighted by Gasteiger charge is -2.04. The van der Waals surface area contributed by atoms with Crippen LogP contribution < -0.4 is 5.32 Å². The molecule has 0 amide bonds. The molecule has 1 aromatic heterocycles. The van der Waals surface area contributed by atoms with Gasteiger partial charge in [0.15, 0.2) is 0 Å². The predicted molar refractivity (Wildman–Crippen MR) is 67.5 cm³/mol. The van der Waals surface area contributed by atoms with Gasteiger partial charge in [0.25, 0.3) is 0 Å². The van der Waals surface area contributed by atoms with Crippen molar-refractivity contribution in [3.63, 3.8) is 0 Å². The fraction of sp³-hybridized carbons (Fsp3) is 0.308. The number of hydrogen-bond acceptors (Lipinski definition) is 3. The lowest BCUT2D eigenvalue weighted by atomic mass is 10.2. The number of thiazole rings is 1. The fourth-order valence-electron chi connectivity index (χ4n) is 2.08. The molecule has 3 heteroatoms. The highest BCUT2D eigenvalue weighted by Crippen LogP contribution is 2.32. The van der Waals surface area contributed by atoms with E-state index in [4.69, 9.17) is 0 Å². The molecule has 1 aliphatic heterocycles. The Morgan fingerprint density at radius 3 is 2.88 bits per heavy atom. The molecule has 2 nitrogen and oxygen atoms in total. The highest BCUT2D eigenvalue weighted by molar-refractivity contribution is 7.15. The van der Waals surface area contributed by atoms with Crippen LogP contribution in [-0.4, -0.2) is 11.5 Å². The number of nitrogens with zero attached hydrogens (tertiary/aromatic N) is 1. The Hall–Kier alpha value is -1.19. The van der Waals surface area contributed by atoms with Gasteiger partial charge in [-0.1, -0.05) is 30.3 Å². The van der Waals surface area contributed by atoms with Crippen molar-refractivity contribution in [2.45, 2.75) is 18.9 Å². The molecule has 1 aliphatic rings. The molecule has 16 heavy (non-hydrogen) atoms. The Balaban J connectivity index is 1.87. The van der Waals surface area contributed by atoms with Gasteiger partial charge in [0.1, 0.15) is 5.01 Å². The molecule has 1 N–H and O–H groups in total. The summed E-state index contributed by atoms with van der Waals surface area (Å²) in [5, 5.41) is 4.72. The topological polar surface area (TPSA) is 24.9 Å². The third kappa shape index (κ3) is 1.88. The summed E-state index contributed by atoms with van der Waals surface area (Å²) in [6.45, 7) is 1.13. The molecule has 0 bridgehead atoms. The molecule has 2 heterocycles. The van der Waals surface area contributed by atoms with Crippen LogP contribution in [0.25, 0.3) is 10.4 Å². The molecule has 1 aromatic carbocycles. The van der Waals surface area contributed by atoms with Crippen LogP contribution in [0.2, 0.25) is 0 Å². The Bertz CT molecular complexity index is 458. The lowest BCUT2D eigenvalue weighted by molar-refractivity contribution is 0.643. The fourth-order valence-corrected chi connectivity index (χ4v) is 3.11. The molecular formula is C13H14N2S. The summed E-state index contributed by atoms with van der Waals surface area (Å²) in [4.78, 5) is 5.80. The Morgan fingerprint density at radius 1 is 1.25 bits per heavy atom.